The van der Waals surface area contributed by atoms with E-state index in [9.17, 15) is 13.6 Å². The third-order valence-corrected chi connectivity index (χ3v) is 7.74. The van der Waals surface area contributed by atoms with Gasteiger partial charge < -0.3 is 4.90 Å². The van der Waals surface area contributed by atoms with Crippen LogP contribution in [0.4, 0.5) is 19.3 Å². The lowest BCUT2D eigenvalue weighted by Crippen LogP contribution is -2.62. The number of nitrogens with zero attached hydrogens (tertiary/aromatic N) is 4. The Morgan fingerprint density at radius 3 is 2.35 bits per heavy atom. The molecule has 180 valence electrons. The zero-order chi connectivity index (χ0) is 23.7. The molecule has 0 bridgehead atoms. The molecule has 2 heterocycles. The largest absolute Gasteiger partial charge is 0.358 e. The predicted molar refractivity (Wildman–Crippen MR) is 130 cm³/mol. The summed E-state index contributed by atoms with van der Waals surface area (Å²) in [5.74, 6) is 0.227. The highest BCUT2D eigenvalue weighted by Crippen LogP contribution is 2.41. The standard InChI is InChI=1S/C27H32F2N4O/c1-31(23-10-3-2-4-11-23)25-27(33(26(34)30-25)24-12-6-9-22(29)18-24)13-15-32(16-14-27)19-20-7-5-8-21(28)17-20/h5-9,12,17-18,23H,2-4,10-11,13-16,19H2,1H3. The highest BCUT2D eigenvalue weighted by atomic mass is 19.1. The molecule has 0 aromatic heterocycles. The van der Waals surface area contributed by atoms with Crippen molar-refractivity contribution in [3.05, 3.63) is 65.7 Å². The summed E-state index contributed by atoms with van der Waals surface area (Å²) in [6.07, 6.45) is 7.24. The van der Waals surface area contributed by atoms with Crippen LogP contribution in [0.2, 0.25) is 0 Å². The molecular formula is C27H32F2N4O. The van der Waals surface area contributed by atoms with Crippen LogP contribution < -0.4 is 4.90 Å². The molecule has 3 aliphatic rings. The van der Waals surface area contributed by atoms with Crippen molar-refractivity contribution >= 4 is 17.6 Å². The maximum absolute atomic E-state index is 14.2. The van der Waals surface area contributed by atoms with Crippen molar-refractivity contribution in [2.75, 3.05) is 25.0 Å². The first-order chi connectivity index (χ1) is 16.5. The number of carbonyl (C=O) groups is 1. The summed E-state index contributed by atoms with van der Waals surface area (Å²) < 4.78 is 27.8. The molecule has 5 rings (SSSR count). The molecule has 2 amide bonds. The maximum atomic E-state index is 14.2. The summed E-state index contributed by atoms with van der Waals surface area (Å²) in [6.45, 7) is 2.15. The first-order valence-electron chi connectivity index (χ1n) is 12.3. The van der Waals surface area contributed by atoms with Gasteiger partial charge in [0.15, 0.2) is 0 Å². The molecule has 2 aliphatic heterocycles. The lowest BCUT2D eigenvalue weighted by molar-refractivity contribution is 0.172. The summed E-state index contributed by atoms with van der Waals surface area (Å²) in [5, 5.41) is 0. The van der Waals surface area contributed by atoms with E-state index in [0.717, 1.165) is 37.3 Å². The van der Waals surface area contributed by atoms with Crippen molar-refractivity contribution < 1.29 is 13.6 Å². The molecule has 0 radical (unpaired) electrons. The average Bonchev–Trinajstić information content (AvgIpc) is 3.12. The van der Waals surface area contributed by atoms with E-state index in [1.807, 2.05) is 6.07 Å². The number of hydrogen-bond acceptors (Lipinski definition) is 3. The fourth-order valence-electron chi connectivity index (χ4n) is 5.97. The Morgan fingerprint density at radius 1 is 1.00 bits per heavy atom. The lowest BCUT2D eigenvalue weighted by atomic mass is 9.82. The number of piperidine rings is 1. The van der Waals surface area contributed by atoms with E-state index in [0.29, 0.717) is 31.1 Å². The smallest absolute Gasteiger partial charge is 0.350 e. The second-order valence-electron chi connectivity index (χ2n) is 9.87. The summed E-state index contributed by atoms with van der Waals surface area (Å²) in [6, 6.07) is 13.0. The number of hydrogen-bond donors (Lipinski definition) is 0. The molecule has 1 spiro atoms. The van der Waals surface area contributed by atoms with Gasteiger partial charge in [-0.15, -0.1) is 0 Å². The van der Waals surface area contributed by atoms with Crippen molar-refractivity contribution in [2.45, 2.75) is 63.1 Å². The molecule has 0 atom stereocenters. The van der Waals surface area contributed by atoms with Gasteiger partial charge in [0.1, 0.15) is 23.0 Å². The number of halogens is 2. The number of anilines is 1. The number of amidine groups is 1. The summed E-state index contributed by atoms with van der Waals surface area (Å²) >= 11 is 0. The average molecular weight is 467 g/mol. The number of likely N-dealkylation sites (N-methyl/N-ethyl adjacent to an activating group) is 1. The number of aliphatic imine (C=N–C) groups is 1. The van der Waals surface area contributed by atoms with Gasteiger partial charge in [-0.2, -0.15) is 4.99 Å². The molecule has 0 unspecified atom stereocenters. The van der Waals surface area contributed by atoms with Gasteiger partial charge in [-0.3, -0.25) is 9.80 Å². The van der Waals surface area contributed by atoms with Gasteiger partial charge in [-0.05, 0) is 61.6 Å². The van der Waals surface area contributed by atoms with Gasteiger partial charge in [0.25, 0.3) is 0 Å². The van der Waals surface area contributed by atoms with Crippen molar-refractivity contribution in [3.8, 4) is 0 Å². The molecule has 2 aromatic carbocycles. The number of rotatable bonds is 4. The molecule has 34 heavy (non-hydrogen) atoms. The van der Waals surface area contributed by atoms with Gasteiger partial charge in [0.2, 0.25) is 0 Å². The minimum Gasteiger partial charge on any atom is -0.358 e. The van der Waals surface area contributed by atoms with Crippen LogP contribution in [0.3, 0.4) is 0 Å². The van der Waals surface area contributed by atoms with Crippen LogP contribution >= 0.6 is 0 Å². The highest BCUT2D eigenvalue weighted by Gasteiger charge is 2.53. The second-order valence-corrected chi connectivity index (χ2v) is 9.87. The van der Waals surface area contributed by atoms with Crippen LogP contribution in [0, 0.1) is 11.6 Å². The molecule has 1 saturated heterocycles. The summed E-state index contributed by atoms with van der Waals surface area (Å²) in [5.41, 5.74) is 0.892. The molecule has 2 fully saturated rings. The Labute approximate surface area is 200 Å². The minimum absolute atomic E-state index is 0.229. The lowest BCUT2D eigenvalue weighted by Gasteiger charge is -2.48. The van der Waals surface area contributed by atoms with Crippen LogP contribution in [0.15, 0.2) is 53.5 Å². The maximum Gasteiger partial charge on any atom is 0.350 e. The number of likely N-dealkylation sites (tertiary alicyclic amines) is 1. The van der Waals surface area contributed by atoms with Crippen LogP contribution in [0.5, 0.6) is 0 Å². The fraction of sp³-hybridized carbons (Fsp3) is 0.481. The third-order valence-electron chi connectivity index (χ3n) is 7.74. The SMILES string of the molecule is CN(C1=NC(=O)N(c2cccc(F)c2)C12CCN(Cc1cccc(F)c1)CC2)C1CCCCC1. The van der Waals surface area contributed by atoms with E-state index in [1.54, 1.807) is 29.2 Å². The summed E-state index contributed by atoms with van der Waals surface area (Å²) in [7, 11) is 2.07. The highest BCUT2D eigenvalue weighted by molar-refractivity contribution is 6.16. The Morgan fingerprint density at radius 2 is 1.68 bits per heavy atom. The molecule has 0 N–H and O–H groups in total. The van der Waals surface area contributed by atoms with Crippen molar-refractivity contribution in [1.82, 2.24) is 9.80 Å². The minimum atomic E-state index is -0.602. The second kappa shape index (κ2) is 9.45. The first kappa shape index (κ1) is 23.0. The number of amides is 2. The van der Waals surface area contributed by atoms with Crippen LogP contribution in [0.1, 0.15) is 50.5 Å². The predicted octanol–water partition coefficient (Wildman–Crippen LogP) is 5.60. The number of carbonyl (C=O) groups excluding carboxylic acids is 1. The molecular weight excluding hydrogens is 434 g/mol. The Kier molecular flexibility index (Phi) is 6.38. The van der Waals surface area contributed by atoms with Crippen molar-refractivity contribution in [2.24, 2.45) is 4.99 Å². The van der Waals surface area contributed by atoms with E-state index in [4.69, 9.17) is 0 Å². The van der Waals surface area contributed by atoms with Crippen LogP contribution in [0.25, 0.3) is 0 Å². The number of urea groups is 1. The van der Waals surface area contributed by atoms with E-state index < -0.39 is 5.54 Å². The molecule has 1 saturated carbocycles. The van der Waals surface area contributed by atoms with Gasteiger partial charge in [0, 0.05) is 38.4 Å². The zero-order valence-electron chi connectivity index (χ0n) is 19.7. The van der Waals surface area contributed by atoms with E-state index in [-0.39, 0.29) is 17.7 Å². The van der Waals surface area contributed by atoms with Gasteiger partial charge >= 0.3 is 6.03 Å². The van der Waals surface area contributed by atoms with E-state index in [1.165, 1.54) is 37.5 Å². The van der Waals surface area contributed by atoms with Crippen LogP contribution in [-0.4, -0.2) is 53.4 Å². The van der Waals surface area contributed by atoms with E-state index >= 15 is 0 Å². The Bertz CT molecular complexity index is 1070. The van der Waals surface area contributed by atoms with Gasteiger partial charge in [-0.25, -0.2) is 13.6 Å². The topological polar surface area (TPSA) is 39.2 Å². The Balaban J connectivity index is 1.43. The molecule has 7 heteroatoms. The molecule has 1 aliphatic carbocycles. The third kappa shape index (κ3) is 4.33. The normalized spacial score (nSPS) is 21.2. The van der Waals surface area contributed by atoms with Crippen molar-refractivity contribution in [1.29, 1.82) is 0 Å². The quantitative estimate of drug-likeness (QED) is 0.589. The van der Waals surface area contributed by atoms with Crippen molar-refractivity contribution in [3.63, 3.8) is 0 Å². The van der Waals surface area contributed by atoms with Crippen LogP contribution in [-0.2, 0) is 6.54 Å². The number of benzene rings is 2. The monoisotopic (exact) mass is 466 g/mol. The fourth-order valence-corrected chi connectivity index (χ4v) is 5.97. The summed E-state index contributed by atoms with van der Waals surface area (Å²) in [4.78, 5) is 24.1. The van der Waals surface area contributed by atoms with Gasteiger partial charge in [-0.1, -0.05) is 37.5 Å². The van der Waals surface area contributed by atoms with Gasteiger partial charge in [0.05, 0.1) is 0 Å². The molecule has 5 nitrogen and oxygen atoms in total. The van der Waals surface area contributed by atoms with E-state index in [2.05, 4.69) is 21.8 Å². The first-order valence-corrected chi connectivity index (χ1v) is 12.3. The Hall–Kier alpha value is -2.80. The molecule has 2 aromatic rings. The zero-order valence-corrected chi connectivity index (χ0v) is 19.7.